The van der Waals surface area contributed by atoms with Crippen molar-refractivity contribution < 1.29 is 4.79 Å². The number of nitrogens with zero attached hydrogens (tertiary/aromatic N) is 2. The van der Waals surface area contributed by atoms with Gasteiger partial charge >= 0.3 is 6.03 Å². The SMILES string of the molecule is CCc1ccccc1NC(=O)N1Cc2ccccc2-n2cccc2[C@@H]1c1ccc(Cl)cc1. The van der Waals surface area contributed by atoms with Gasteiger partial charge in [-0.05, 0) is 59.5 Å². The number of hydrogen-bond acceptors (Lipinski definition) is 1. The van der Waals surface area contributed by atoms with E-state index in [2.05, 4.69) is 47.3 Å². The second kappa shape index (κ2) is 8.56. The number of nitrogens with one attached hydrogen (secondary N) is 1. The lowest BCUT2D eigenvalue weighted by molar-refractivity contribution is 0.194. The molecule has 5 rings (SSSR count). The van der Waals surface area contributed by atoms with Crippen molar-refractivity contribution in [2.75, 3.05) is 5.32 Å². The summed E-state index contributed by atoms with van der Waals surface area (Å²) in [5.41, 5.74) is 6.21. The van der Waals surface area contributed by atoms with Crippen molar-refractivity contribution in [3.63, 3.8) is 0 Å². The Balaban J connectivity index is 1.63. The van der Waals surface area contributed by atoms with Crippen LogP contribution < -0.4 is 5.32 Å². The van der Waals surface area contributed by atoms with E-state index in [-0.39, 0.29) is 12.1 Å². The van der Waals surface area contributed by atoms with Crippen molar-refractivity contribution in [3.8, 4) is 5.69 Å². The minimum absolute atomic E-state index is 0.129. The van der Waals surface area contributed by atoms with Crippen molar-refractivity contribution in [2.24, 2.45) is 0 Å². The molecule has 1 aromatic heterocycles. The zero-order chi connectivity index (χ0) is 22.1. The van der Waals surface area contributed by atoms with Gasteiger partial charge in [-0.2, -0.15) is 0 Å². The number of aromatic nitrogens is 1. The number of carbonyl (C=O) groups is 1. The van der Waals surface area contributed by atoms with E-state index in [0.717, 1.165) is 40.2 Å². The molecule has 5 heteroatoms. The molecule has 1 atom stereocenters. The Morgan fingerprint density at radius 3 is 2.53 bits per heavy atom. The summed E-state index contributed by atoms with van der Waals surface area (Å²) in [5, 5.41) is 3.85. The molecule has 2 amide bonds. The van der Waals surface area contributed by atoms with Gasteiger partial charge in [-0.1, -0.05) is 67.1 Å². The maximum absolute atomic E-state index is 13.8. The molecule has 1 aliphatic heterocycles. The molecule has 160 valence electrons. The van der Waals surface area contributed by atoms with Crippen LogP contribution in [0.25, 0.3) is 5.69 Å². The van der Waals surface area contributed by atoms with E-state index in [9.17, 15) is 4.79 Å². The highest BCUT2D eigenvalue weighted by atomic mass is 35.5. The predicted octanol–water partition coefficient (Wildman–Crippen LogP) is 6.83. The largest absolute Gasteiger partial charge is 0.322 e. The lowest BCUT2D eigenvalue weighted by Gasteiger charge is -2.31. The Morgan fingerprint density at radius 2 is 1.72 bits per heavy atom. The van der Waals surface area contributed by atoms with Crippen LogP contribution in [0.1, 0.15) is 35.3 Å². The quantitative estimate of drug-likeness (QED) is 0.371. The van der Waals surface area contributed by atoms with Gasteiger partial charge in [0.1, 0.15) is 0 Å². The second-order valence-electron chi connectivity index (χ2n) is 7.95. The molecule has 4 nitrogen and oxygen atoms in total. The predicted molar refractivity (Wildman–Crippen MR) is 129 cm³/mol. The Kier molecular flexibility index (Phi) is 5.46. The van der Waals surface area contributed by atoms with E-state index < -0.39 is 0 Å². The number of aryl methyl sites for hydroxylation is 1. The molecule has 2 heterocycles. The van der Waals surface area contributed by atoms with Gasteiger partial charge in [-0.15, -0.1) is 0 Å². The Hall–Kier alpha value is -3.50. The van der Waals surface area contributed by atoms with Gasteiger partial charge in [0.25, 0.3) is 0 Å². The van der Waals surface area contributed by atoms with Crippen LogP contribution >= 0.6 is 11.6 Å². The van der Waals surface area contributed by atoms with Crippen LogP contribution in [-0.2, 0) is 13.0 Å². The molecule has 1 N–H and O–H groups in total. The molecule has 0 saturated heterocycles. The number of hydrogen-bond donors (Lipinski definition) is 1. The van der Waals surface area contributed by atoms with Gasteiger partial charge < -0.3 is 14.8 Å². The van der Waals surface area contributed by atoms with Crippen LogP contribution in [0.15, 0.2) is 91.1 Å². The third-order valence-electron chi connectivity index (χ3n) is 6.05. The van der Waals surface area contributed by atoms with Gasteiger partial charge in [-0.25, -0.2) is 4.79 Å². The topological polar surface area (TPSA) is 37.3 Å². The van der Waals surface area contributed by atoms with Gasteiger partial charge in [0.2, 0.25) is 0 Å². The van der Waals surface area contributed by atoms with Gasteiger partial charge in [0, 0.05) is 22.6 Å². The smallest absolute Gasteiger partial charge is 0.318 e. The van der Waals surface area contributed by atoms with Crippen molar-refractivity contribution >= 4 is 23.3 Å². The monoisotopic (exact) mass is 441 g/mol. The molecule has 0 aliphatic carbocycles. The first-order chi connectivity index (χ1) is 15.7. The van der Waals surface area contributed by atoms with Crippen LogP contribution in [0.5, 0.6) is 0 Å². The molecule has 0 spiro atoms. The average Bonchev–Trinajstić information content (AvgIpc) is 3.24. The molecule has 0 unspecified atom stereocenters. The Labute approximate surface area is 193 Å². The highest BCUT2D eigenvalue weighted by Gasteiger charge is 2.33. The third kappa shape index (κ3) is 3.67. The van der Waals surface area contributed by atoms with Crippen molar-refractivity contribution in [2.45, 2.75) is 25.9 Å². The number of anilines is 1. The third-order valence-corrected chi connectivity index (χ3v) is 6.30. The number of halogens is 1. The first-order valence-electron chi connectivity index (χ1n) is 10.8. The highest BCUT2D eigenvalue weighted by molar-refractivity contribution is 6.30. The minimum atomic E-state index is -0.261. The number of benzene rings is 3. The maximum atomic E-state index is 13.8. The van der Waals surface area contributed by atoms with Crippen LogP contribution in [0.3, 0.4) is 0 Å². The van der Waals surface area contributed by atoms with E-state index in [1.165, 1.54) is 0 Å². The molecule has 1 aliphatic rings. The molecular weight excluding hydrogens is 418 g/mol. The summed E-state index contributed by atoms with van der Waals surface area (Å²) >= 11 is 6.18. The molecule has 0 saturated carbocycles. The average molecular weight is 442 g/mol. The summed E-state index contributed by atoms with van der Waals surface area (Å²) < 4.78 is 2.18. The van der Waals surface area contributed by atoms with Gasteiger partial charge in [0.05, 0.1) is 18.3 Å². The molecule has 4 aromatic rings. The zero-order valence-corrected chi connectivity index (χ0v) is 18.6. The van der Waals surface area contributed by atoms with E-state index in [4.69, 9.17) is 11.6 Å². The second-order valence-corrected chi connectivity index (χ2v) is 8.39. The highest BCUT2D eigenvalue weighted by Crippen LogP contribution is 2.37. The Morgan fingerprint density at radius 1 is 0.969 bits per heavy atom. The fourth-order valence-corrected chi connectivity index (χ4v) is 4.60. The number of rotatable bonds is 3. The van der Waals surface area contributed by atoms with Crippen molar-refractivity contribution in [1.29, 1.82) is 0 Å². The zero-order valence-electron chi connectivity index (χ0n) is 17.8. The fourth-order valence-electron chi connectivity index (χ4n) is 4.47. The lowest BCUT2D eigenvalue weighted by atomic mass is 10.0. The fraction of sp³-hybridized carbons (Fsp3) is 0.148. The number of amides is 2. The summed E-state index contributed by atoms with van der Waals surface area (Å²) in [4.78, 5) is 15.7. The van der Waals surface area contributed by atoms with E-state index in [1.807, 2.05) is 65.6 Å². The number of para-hydroxylation sites is 2. The lowest BCUT2D eigenvalue weighted by Crippen LogP contribution is -2.38. The number of fused-ring (bicyclic) bond motifs is 3. The van der Waals surface area contributed by atoms with Crippen LogP contribution in [-0.4, -0.2) is 15.5 Å². The molecular formula is C27H24ClN3O. The van der Waals surface area contributed by atoms with Crippen molar-refractivity contribution in [3.05, 3.63) is 119 Å². The summed E-state index contributed by atoms with van der Waals surface area (Å²) in [6.45, 7) is 2.59. The van der Waals surface area contributed by atoms with Crippen LogP contribution in [0.4, 0.5) is 10.5 Å². The van der Waals surface area contributed by atoms with Gasteiger partial charge in [0.15, 0.2) is 0 Å². The summed E-state index contributed by atoms with van der Waals surface area (Å²) in [6, 6.07) is 27.7. The van der Waals surface area contributed by atoms with E-state index >= 15 is 0 Å². The maximum Gasteiger partial charge on any atom is 0.322 e. The standard InChI is InChI=1S/C27H24ClN3O/c1-2-19-8-3-5-10-23(19)29-27(32)31-18-21-9-4-6-11-24(21)30-17-7-12-25(30)26(31)20-13-15-22(28)16-14-20/h3-17,26H,2,18H2,1H3,(H,29,32)/t26-/m0/s1. The molecule has 32 heavy (non-hydrogen) atoms. The van der Waals surface area contributed by atoms with Crippen LogP contribution in [0.2, 0.25) is 5.02 Å². The first kappa shape index (κ1) is 20.4. The molecule has 3 aromatic carbocycles. The van der Waals surface area contributed by atoms with Crippen LogP contribution in [0, 0.1) is 0 Å². The van der Waals surface area contributed by atoms with Gasteiger partial charge in [-0.3, -0.25) is 0 Å². The van der Waals surface area contributed by atoms with Crippen molar-refractivity contribution in [1.82, 2.24) is 9.47 Å². The number of urea groups is 1. The Bertz CT molecular complexity index is 1260. The minimum Gasteiger partial charge on any atom is -0.318 e. The molecule has 0 radical (unpaired) electrons. The summed E-state index contributed by atoms with van der Waals surface area (Å²) in [6.07, 6.45) is 2.91. The summed E-state index contributed by atoms with van der Waals surface area (Å²) in [7, 11) is 0. The first-order valence-corrected chi connectivity index (χ1v) is 11.2. The molecule has 0 fully saturated rings. The number of carbonyl (C=O) groups excluding carboxylic acids is 1. The molecule has 0 bridgehead atoms. The van der Waals surface area contributed by atoms with E-state index in [1.54, 1.807) is 0 Å². The normalized spacial score (nSPS) is 14.9. The summed E-state index contributed by atoms with van der Waals surface area (Å²) in [5.74, 6) is 0. The van der Waals surface area contributed by atoms with E-state index in [0.29, 0.717) is 11.6 Å².